The fourth-order valence-corrected chi connectivity index (χ4v) is 2.73. The number of benzene rings is 1. The fraction of sp³-hybridized carbons (Fsp3) is 0.154. The van der Waals surface area contributed by atoms with E-state index >= 15 is 0 Å². The lowest BCUT2D eigenvalue weighted by atomic mass is 10.3. The highest BCUT2D eigenvalue weighted by Gasteiger charge is 2.19. The predicted molar refractivity (Wildman–Crippen MR) is 95.8 cm³/mol. The van der Waals surface area contributed by atoms with Crippen LogP contribution in [0, 0.1) is 10.5 Å². The van der Waals surface area contributed by atoms with Gasteiger partial charge in [0.15, 0.2) is 5.11 Å². The van der Waals surface area contributed by atoms with Crippen molar-refractivity contribution in [3.63, 3.8) is 0 Å². The van der Waals surface area contributed by atoms with E-state index in [0.717, 1.165) is 9.26 Å². The number of para-hydroxylation sites is 1. The molecule has 0 unspecified atom stereocenters. The van der Waals surface area contributed by atoms with Crippen LogP contribution in [0.2, 0.25) is 5.02 Å². The number of carbonyl (C=O) groups is 1. The second kappa shape index (κ2) is 6.71. The number of amides is 1. The first-order chi connectivity index (χ1) is 9.90. The van der Waals surface area contributed by atoms with Crippen LogP contribution in [0.15, 0.2) is 24.3 Å². The molecule has 1 aromatic heterocycles. The normalized spacial score (nSPS) is 10.3. The number of halogens is 2. The van der Waals surface area contributed by atoms with Gasteiger partial charge in [-0.15, -0.1) is 0 Å². The highest BCUT2D eigenvalue weighted by Crippen LogP contribution is 2.19. The summed E-state index contributed by atoms with van der Waals surface area (Å²) >= 11 is 13.4. The van der Waals surface area contributed by atoms with Crippen LogP contribution in [0.5, 0.6) is 0 Å². The topological polar surface area (TPSA) is 59.0 Å². The summed E-state index contributed by atoms with van der Waals surface area (Å²) in [7, 11) is 1.66. The number of anilines is 1. The van der Waals surface area contributed by atoms with Gasteiger partial charge in [-0.1, -0.05) is 23.7 Å². The highest BCUT2D eigenvalue weighted by molar-refractivity contribution is 14.1. The Kier molecular flexibility index (Phi) is 5.17. The highest BCUT2D eigenvalue weighted by atomic mass is 127. The van der Waals surface area contributed by atoms with Gasteiger partial charge in [-0.05, 0) is 53.9 Å². The third kappa shape index (κ3) is 3.72. The SMILES string of the molecule is Cc1nn(C)c(C(=O)NC(=S)Nc2ccccc2I)c1Cl. The first-order valence-electron chi connectivity index (χ1n) is 5.96. The molecule has 0 aliphatic rings. The molecule has 0 spiro atoms. The molecule has 0 radical (unpaired) electrons. The molecule has 0 saturated carbocycles. The van der Waals surface area contributed by atoms with Crippen LogP contribution >= 0.6 is 46.4 Å². The van der Waals surface area contributed by atoms with E-state index in [4.69, 9.17) is 23.8 Å². The molecule has 5 nitrogen and oxygen atoms in total. The van der Waals surface area contributed by atoms with E-state index in [2.05, 4.69) is 38.3 Å². The lowest BCUT2D eigenvalue weighted by molar-refractivity contribution is 0.0968. The maximum Gasteiger partial charge on any atom is 0.277 e. The second-order valence-electron chi connectivity index (χ2n) is 4.26. The summed E-state index contributed by atoms with van der Waals surface area (Å²) in [4.78, 5) is 12.2. The Bertz CT molecular complexity index is 716. The van der Waals surface area contributed by atoms with Crippen LogP contribution < -0.4 is 10.6 Å². The Morgan fingerprint density at radius 3 is 2.67 bits per heavy atom. The number of aromatic nitrogens is 2. The predicted octanol–water partition coefficient (Wildman–Crippen LogP) is 3.11. The van der Waals surface area contributed by atoms with Crippen molar-refractivity contribution in [1.29, 1.82) is 0 Å². The van der Waals surface area contributed by atoms with E-state index in [0.29, 0.717) is 10.7 Å². The monoisotopic (exact) mass is 434 g/mol. The minimum atomic E-state index is -0.397. The van der Waals surface area contributed by atoms with Crippen molar-refractivity contribution in [3.8, 4) is 0 Å². The zero-order chi connectivity index (χ0) is 15.6. The number of nitrogens with zero attached hydrogens (tertiary/aromatic N) is 2. The fourth-order valence-electron chi connectivity index (χ4n) is 1.76. The summed E-state index contributed by atoms with van der Waals surface area (Å²) in [6, 6.07) is 7.62. The first-order valence-corrected chi connectivity index (χ1v) is 7.82. The summed E-state index contributed by atoms with van der Waals surface area (Å²) in [5.74, 6) is -0.397. The van der Waals surface area contributed by atoms with Gasteiger partial charge in [-0.2, -0.15) is 5.10 Å². The van der Waals surface area contributed by atoms with Crippen molar-refractivity contribution in [1.82, 2.24) is 15.1 Å². The number of hydrogen-bond donors (Lipinski definition) is 2. The van der Waals surface area contributed by atoms with Crippen molar-refractivity contribution in [2.75, 3.05) is 5.32 Å². The molecule has 1 aromatic carbocycles. The molecule has 0 aliphatic carbocycles. The average molecular weight is 435 g/mol. The van der Waals surface area contributed by atoms with Gasteiger partial charge in [-0.3, -0.25) is 14.8 Å². The van der Waals surface area contributed by atoms with Crippen molar-refractivity contribution in [2.24, 2.45) is 7.05 Å². The van der Waals surface area contributed by atoms with Crippen LogP contribution in [-0.4, -0.2) is 20.8 Å². The Morgan fingerprint density at radius 2 is 2.10 bits per heavy atom. The molecule has 0 aliphatic heterocycles. The van der Waals surface area contributed by atoms with E-state index in [9.17, 15) is 4.79 Å². The molecule has 110 valence electrons. The van der Waals surface area contributed by atoms with Crippen molar-refractivity contribution >= 4 is 63.1 Å². The second-order valence-corrected chi connectivity index (χ2v) is 6.21. The van der Waals surface area contributed by atoms with Gasteiger partial charge in [0.2, 0.25) is 0 Å². The standard InChI is InChI=1S/C13H12ClIN4OS/c1-7-10(14)11(19(2)18-7)12(20)17-13(21)16-9-6-4-3-5-8(9)15/h3-6H,1-2H3,(H2,16,17,20,21). The molecule has 0 atom stereocenters. The zero-order valence-electron chi connectivity index (χ0n) is 11.3. The van der Waals surface area contributed by atoms with E-state index in [1.807, 2.05) is 24.3 Å². The van der Waals surface area contributed by atoms with Gasteiger partial charge in [0, 0.05) is 10.6 Å². The maximum absolute atomic E-state index is 12.2. The lowest BCUT2D eigenvalue weighted by Crippen LogP contribution is -2.35. The average Bonchev–Trinajstić information content (AvgIpc) is 2.66. The molecule has 2 N–H and O–H groups in total. The number of thiocarbonyl (C=S) groups is 1. The van der Waals surface area contributed by atoms with Gasteiger partial charge < -0.3 is 5.32 Å². The molecule has 2 aromatic rings. The molecular weight excluding hydrogens is 423 g/mol. The zero-order valence-corrected chi connectivity index (χ0v) is 15.0. The number of rotatable bonds is 2. The Hall–Kier alpha value is -1.19. The Balaban J connectivity index is 2.10. The molecule has 21 heavy (non-hydrogen) atoms. The molecule has 0 saturated heterocycles. The maximum atomic E-state index is 12.2. The number of aryl methyl sites for hydroxylation is 2. The van der Waals surface area contributed by atoms with Gasteiger partial charge in [0.25, 0.3) is 5.91 Å². The van der Waals surface area contributed by atoms with Gasteiger partial charge in [0.05, 0.1) is 16.4 Å². The first kappa shape index (κ1) is 16.2. The Morgan fingerprint density at radius 1 is 1.43 bits per heavy atom. The third-order valence-electron chi connectivity index (χ3n) is 2.71. The van der Waals surface area contributed by atoms with Gasteiger partial charge >= 0.3 is 0 Å². The van der Waals surface area contributed by atoms with E-state index in [-0.39, 0.29) is 10.8 Å². The van der Waals surface area contributed by atoms with Gasteiger partial charge in [0.1, 0.15) is 5.69 Å². The molecule has 1 heterocycles. The molecule has 2 rings (SSSR count). The summed E-state index contributed by atoms with van der Waals surface area (Å²) in [6.45, 7) is 1.74. The molecule has 1 amide bonds. The molecule has 0 bridgehead atoms. The van der Waals surface area contributed by atoms with E-state index in [1.54, 1.807) is 14.0 Å². The van der Waals surface area contributed by atoms with Crippen LogP contribution in [0.1, 0.15) is 16.2 Å². The van der Waals surface area contributed by atoms with Crippen LogP contribution in [0.3, 0.4) is 0 Å². The van der Waals surface area contributed by atoms with E-state index in [1.165, 1.54) is 4.68 Å². The Labute approximate surface area is 146 Å². The smallest absolute Gasteiger partial charge is 0.277 e. The van der Waals surface area contributed by atoms with Gasteiger partial charge in [-0.25, -0.2) is 0 Å². The quantitative estimate of drug-likeness (QED) is 0.563. The third-order valence-corrected chi connectivity index (χ3v) is 4.31. The van der Waals surface area contributed by atoms with Crippen molar-refractivity contribution in [2.45, 2.75) is 6.92 Å². The molecule has 8 heteroatoms. The number of nitrogens with one attached hydrogen (secondary N) is 2. The minimum absolute atomic E-state index is 0.207. The van der Waals surface area contributed by atoms with E-state index < -0.39 is 5.91 Å². The number of carbonyl (C=O) groups excluding carboxylic acids is 1. The molecular formula is C13H12ClIN4OS. The van der Waals surface area contributed by atoms with Crippen LogP contribution in [0.25, 0.3) is 0 Å². The van der Waals surface area contributed by atoms with Crippen LogP contribution in [-0.2, 0) is 7.05 Å². The van der Waals surface area contributed by atoms with Crippen molar-refractivity contribution < 1.29 is 4.79 Å². The van der Waals surface area contributed by atoms with Crippen molar-refractivity contribution in [3.05, 3.63) is 44.2 Å². The minimum Gasteiger partial charge on any atom is -0.332 e. The van der Waals surface area contributed by atoms with Crippen LogP contribution in [0.4, 0.5) is 5.69 Å². The summed E-state index contributed by atoms with van der Waals surface area (Å²) in [6.07, 6.45) is 0. The summed E-state index contributed by atoms with van der Waals surface area (Å²) < 4.78 is 2.43. The largest absolute Gasteiger partial charge is 0.332 e. The summed E-state index contributed by atoms with van der Waals surface area (Å²) in [5.41, 5.74) is 1.71. The lowest BCUT2D eigenvalue weighted by Gasteiger charge is -2.11. The summed E-state index contributed by atoms with van der Waals surface area (Å²) in [5, 5.41) is 10.2. The molecule has 0 fully saturated rings. The number of hydrogen-bond acceptors (Lipinski definition) is 3.